The highest BCUT2D eigenvalue weighted by molar-refractivity contribution is 7.87. The molecule has 0 radical (unpaired) electrons. The van der Waals surface area contributed by atoms with Crippen molar-refractivity contribution in [2.24, 2.45) is 5.92 Å². The normalized spacial score (nSPS) is 25.9. The Morgan fingerprint density at radius 2 is 1.46 bits per heavy atom. The van der Waals surface area contributed by atoms with Crippen LogP contribution in [0.4, 0.5) is 10.1 Å². The zero-order valence-corrected chi connectivity index (χ0v) is 27.6. The molecule has 264 valence electrons. The highest BCUT2D eigenvalue weighted by Crippen LogP contribution is 2.49. The van der Waals surface area contributed by atoms with Crippen molar-refractivity contribution in [3.05, 3.63) is 120 Å². The van der Waals surface area contributed by atoms with Gasteiger partial charge in [-0.25, -0.2) is 4.39 Å². The van der Waals surface area contributed by atoms with Gasteiger partial charge >= 0.3 is 10.1 Å². The molecule has 4 aromatic rings. The lowest BCUT2D eigenvalue weighted by molar-refractivity contribution is -0.223. The summed E-state index contributed by atoms with van der Waals surface area (Å²) in [6.45, 7) is -0.728. The van der Waals surface area contributed by atoms with Gasteiger partial charge in [0, 0.05) is 11.3 Å². The van der Waals surface area contributed by atoms with Crippen LogP contribution in [0.15, 0.2) is 103 Å². The Balaban J connectivity index is 1.35. The molecule has 0 spiro atoms. The minimum atomic E-state index is -4.59. The number of benzene rings is 4. The number of nitrogens with zero attached hydrogens (tertiary/aromatic N) is 1. The molecule has 0 bridgehead atoms. The lowest BCUT2D eigenvalue weighted by Crippen LogP contribution is -2.60. The van der Waals surface area contributed by atoms with Gasteiger partial charge in [-0.3, -0.25) is 4.79 Å². The number of hydrogen-bond donors (Lipinski definition) is 5. The molecule has 13 heteroatoms. The lowest BCUT2D eigenvalue weighted by atomic mass is 9.77. The van der Waals surface area contributed by atoms with E-state index in [1.54, 1.807) is 53.4 Å². The molecule has 2 fully saturated rings. The van der Waals surface area contributed by atoms with E-state index in [0.717, 1.165) is 5.56 Å². The fourth-order valence-electron chi connectivity index (χ4n) is 6.60. The van der Waals surface area contributed by atoms with E-state index < -0.39 is 76.9 Å². The Kier molecular flexibility index (Phi) is 10.6. The van der Waals surface area contributed by atoms with Crippen LogP contribution in [0.3, 0.4) is 0 Å². The van der Waals surface area contributed by atoms with Crippen molar-refractivity contribution in [3.63, 3.8) is 0 Å². The van der Waals surface area contributed by atoms with Crippen molar-refractivity contribution in [2.75, 3.05) is 17.3 Å². The van der Waals surface area contributed by atoms with E-state index in [0.29, 0.717) is 22.4 Å². The Morgan fingerprint density at radius 1 is 0.820 bits per heavy atom. The first kappa shape index (κ1) is 35.6. The molecule has 0 saturated carbocycles. The van der Waals surface area contributed by atoms with Crippen molar-refractivity contribution in [2.45, 2.75) is 55.5 Å². The van der Waals surface area contributed by atoms with Gasteiger partial charge in [0.15, 0.2) is 0 Å². The number of para-hydroxylation sites is 1. The largest absolute Gasteiger partial charge is 0.394 e. The summed E-state index contributed by atoms with van der Waals surface area (Å²) in [5, 5.41) is 51.4. The predicted octanol–water partition coefficient (Wildman–Crippen LogP) is 3.26. The van der Waals surface area contributed by atoms with Crippen LogP contribution in [0, 0.1) is 11.7 Å². The first-order valence-electron chi connectivity index (χ1n) is 16.2. The SMILES string of the molecule is O=C1[C@H](CC[C@H](O)c2ccc(F)cc2)[C@@H](c2ccc(-c3ccccc3)cc2OS(=O)(=O)CC2O[C@H](CO)[C@@H](O)[C@H](O)[C@H]2O)N1c1ccccc1. The molecule has 4 aromatic carbocycles. The molecule has 2 aliphatic rings. The number of β-lactam (4-membered cyclic amide) rings is 1. The van der Waals surface area contributed by atoms with Gasteiger partial charge in [-0.05, 0) is 59.9 Å². The lowest BCUT2D eigenvalue weighted by Gasteiger charge is -2.48. The van der Waals surface area contributed by atoms with Gasteiger partial charge in [0.05, 0.1) is 24.7 Å². The number of halogens is 1. The smallest absolute Gasteiger partial charge is 0.311 e. The zero-order chi connectivity index (χ0) is 35.6. The van der Waals surface area contributed by atoms with Crippen LogP contribution in [0.2, 0.25) is 0 Å². The van der Waals surface area contributed by atoms with Crippen LogP contribution >= 0.6 is 0 Å². The Hall–Kier alpha value is -4.21. The van der Waals surface area contributed by atoms with Crippen LogP contribution in [-0.2, 0) is 19.6 Å². The summed E-state index contributed by atoms with van der Waals surface area (Å²) in [6.07, 6.45) is -8.69. The third-order valence-electron chi connectivity index (χ3n) is 9.27. The summed E-state index contributed by atoms with van der Waals surface area (Å²) in [5.74, 6) is -2.39. The monoisotopic (exact) mass is 707 g/mol. The van der Waals surface area contributed by atoms with Gasteiger partial charge in [0.2, 0.25) is 5.91 Å². The molecule has 1 amide bonds. The second-order valence-electron chi connectivity index (χ2n) is 12.5. The van der Waals surface area contributed by atoms with Crippen molar-refractivity contribution >= 4 is 21.7 Å². The molecule has 1 unspecified atom stereocenters. The molecule has 0 aromatic heterocycles. The molecule has 50 heavy (non-hydrogen) atoms. The van der Waals surface area contributed by atoms with Crippen LogP contribution in [-0.4, -0.2) is 82.7 Å². The molecule has 0 aliphatic carbocycles. The van der Waals surface area contributed by atoms with Gasteiger partial charge in [-0.2, -0.15) is 8.42 Å². The highest BCUT2D eigenvalue weighted by Gasteiger charge is 2.50. The van der Waals surface area contributed by atoms with Gasteiger partial charge in [-0.1, -0.05) is 72.8 Å². The average Bonchev–Trinajstić information content (AvgIpc) is 3.11. The molecule has 8 atom stereocenters. The van der Waals surface area contributed by atoms with Crippen molar-refractivity contribution in [1.82, 2.24) is 0 Å². The maximum absolute atomic E-state index is 13.8. The predicted molar refractivity (Wildman–Crippen MR) is 181 cm³/mol. The first-order chi connectivity index (χ1) is 24.0. The number of aliphatic hydroxyl groups is 5. The maximum Gasteiger partial charge on any atom is 0.311 e. The maximum atomic E-state index is 13.8. The van der Waals surface area contributed by atoms with Gasteiger partial charge < -0.3 is 39.4 Å². The van der Waals surface area contributed by atoms with E-state index in [1.165, 1.54) is 24.3 Å². The van der Waals surface area contributed by atoms with Crippen LogP contribution in [0.1, 0.15) is 36.1 Å². The first-order valence-corrected chi connectivity index (χ1v) is 17.8. The minimum absolute atomic E-state index is 0.0848. The van der Waals surface area contributed by atoms with E-state index in [1.807, 2.05) is 30.3 Å². The van der Waals surface area contributed by atoms with E-state index in [9.17, 15) is 43.1 Å². The molecule has 2 saturated heterocycles. The fourth-order valence-corrected chi connectivity index (χ4v) is 7.76. The molecule has 11 nitrogen and oxygen atoms in total. The number of carbonyl (C=O) groups is 1. The Morgan fingerprint density at radius 3 is 2.12 bits per heavy atom. The highest BCUT2D eigenvalue weighted by atomic mass is 32.2. The van der Waals surface area contributed by atoms with Gasteiger partial charge in [-0.15, -0.1) is 0 Å². The summed E-state index contributed by atoms with van der Waals surface area (Å²) in [5.41, 5.74) is 2.81. The molecule has 2 aliphatic heterocycles. The molecular weight excluding hydrogens is 669 g/mol. The van der Waals surface area contributed by atoms with Crippen LogP contribution in [0.25, 0.3) is 11.1 Å². The summed E-state index contributed by atoms with van der Waals surface area (Å²) in [7, 11) is -4.59. The quantitative estimate of drug-likeness (QED) is 0.109. The van der Waals surface area contributed by atoms with Crippen LogP contribution < -0.4 is 9.08 Å². The number of hydrogen-bond acceptors (Lipinski definition) is 10. The van der Waals surface area contributed by atoms with Crippen molar-refractivity contribution < 1.29 is 52.1 Å². The van der Waals surface area contributed by atoms with E-state index in [2.05, 4.69) is 0 Å². The van der Waals surface area contributed by atoms with E-state index >= 15 is 0 Å². The van der Waals surface area contributed by atoms with E-state index in [4.69, 9.17) is 8.92 Å². The minimum Gasteiger partial charge on any atom is -0.394 e. The number of carbonyl (C=O) groups excluding carboxylic acids is 1. The Bertz CT molecular complexity index is 1880. The fraction of sp³-hybridized carbons (Fsp3) is 0.324. The van der Waals surface area contributed by atoms with Gasteiger partial charge in [0.25, 0.3) is 0 Å². The topological polar surface area (TPSA) is 174 Å². The summed E-state index contributed by atoms with van der Waals surface area (Å²) < 4.78 is 52.0. The zero-order valence-electron chi connectivity index (χ0n) is 26.8. The standard InChI is InChI=1S/C37H38FNO10S/c38-25-14-11-23(12-15-25)29(41)18-17-28-33(39(37(28)45)26-9-5-2-6-10-26)27-16-13-24(22-7-3-1-4-8-22)19-30(27)49-50(46,47)21-32-35(43)36(44)34(42)31(20-40)48-32/h1-16,19,28-29,31-36,40-44H,17-18,20-21H2/t28-,29+,31-,32?,33-,34-,35+,36+/m1/s1. The Labute approximate surface area is 288 Å². The second kappa shape index (κ2) is 15.0. The third-order valence-corrected chi connectivity index (χ3v) is 10.4. The molecular formula is C37H38FNO10S. The number of ether oxygens (including phenoxy) is 1. The molecule has 2 heterocycles. The number of rotatable bonds is 12. The third kappa shape index (κ3) is 7.44. The summed E-state index contributed by atoms with van der Waals surface area (Å²) in [4.78, 5) is 15.3. The van der Waals surface area contributed by atoms with Gasteiger partial charge in [0.1, 0.15) is 47.8 Å². The number of amides is 1. The summed E-state index contributed by atoms with van der Waals surface area (Å²) >= 11 is 0. The van der Waals surface area contributed by atoms with Crippen molar-refractivity contribution in [3.8, 4) is 16.9 Å². The molecule has 6 rings (SSSR count). The average molecular weight is 708 g/mol. The van der Waals surface area contributed by atoms with Crippen LogP contribution in [0.5, 0.6) is 5.75 Å². The van der Waals surface area contributed by atoms with E-state index in [-0.39, 0.29) is 24.5 Å². The second-order valence-corrected chi connectivity index (χ2v) is 14.1. The number of anilines is 1. The summed E-state index contributed by atoms with van der Waals surface area (Å²) in [6, 6.07) is 27.8. The number of aliphatic hydroxyl groups excluding tert-OH is 5. The van der Waals surface area contributed by atoms with Crippen molar-refractivity contribution in [1.29, 1.82) is 0 Å². The molecule has 5 N–H and O–H groups in total.